The first-order valence-corrected chi connectivity index (χ1v) is 21.6. The fraction of sp³-hybridized carbons (Fsp3) is 0.860. The van der Waals surface area contributed by atoms with Gasteiger partial charge < -0.3 is 52.1 Å². The average molecular weight is 863 g/mol. The minimum absolute atomic E-state index is 0.0184. The van der Waals surface area contributed by atoms with Crippen molar-refractivity contribution in [3.8, 4) is 0 Å². The Kier molecular flexibility index (Phi) is 30.3. The van der Waals surface area contributed by atoms with E-state index in [0.29, 0.717) is 6.61 Å². The molecular formula is C43H74O17. The molecule has 0 spiro atoms. The Bertz CT molecular complexity index is 1210. The molecule has 1 aliphatic rings. The van der Waals surface area contributed by atoms with Crippen LogP contribution >= 0.6 is 0 Å². The summed E-state index contributed by atoms with van der Waals surface area (Å²) in [5.41, 5.74) is -0.953. The molecular weight excluding hydrogens is 788 g/mol. The van der Waals surface area contributed by atoms with Gasteiger partial charge in [0.15, 0.2) is 24.6 Å². The van der Waals surface area contributed by atoms with Gasteiger partial charge in [0, 0.05) is 48.1 Å². The molecule has 1 aliphatic heterocycles. The van der Waals surface area contributed by atoms with Crippen molar-refractivity contribution < 1.29 is 80.9 Å². The van der Waals surface area contributed by atoms with Crippen LogP contribution in [0.3, 0.4) is 0 Å². The van der Waals surface area contributed by atoms with Crippen molar-refractivity contribution in [3.63, 3.8) is 0 Å². The molecule has 17 heteroatoms. The van der Waals surface area contributed by atoms with Crippen molar-refractivity contribution in [1.29, 1.82) is 0 Å². The summed E-state index contributed by atoms with van der Waals surface area (Å²) in [5, 5.41) is 0. The lowest BCUT2D eigenvalue weighted by atomic mass is 9.92. The smallest absolute Gasteiger partial charge is 0.303 e. The van der Waals surface area contributed by atoms with Gasteiger partial charge in [0.05, 0.1) is 45.1 Å². The van der Waals surface area contributed by atoms with Crippen LogP contribution in [0.5, 0.6) is 0 Å². The zero-order valence-electron chi connectivity index (χ0n) is 37.3. The number of rotatable bonds is 35. The summed E-state index contributed by atoms with van der Waals surface area (Å²) in [6.07, 6.45) is 11.0. The monoisotopic (exact) mass is 862 g/mol. The second kappa shape index (κ2) is 33.3. The van der Waals surface area contributed by atoms with Crippen LogP contribution in [-0.4, -0.2) is 133 Å². The molecule has 1 rings (SSSR count). The van der Waals surface area contributed by atoms with Crippen LogP contribution in [0.15, 0.2) is 0 Å². The maximum Gasteiger partial charge on any atom is 0.303 e. The minimum Gasteiger partial charge on any atom is -0.465 e. The van der Waals surface area contributed by atoms with Crippen molar-refractivity contribution in [2.75, 3.05) is 66.1 Å². The third-order valence-electron chi connectivity index (χ3n) is 9.45. The van der Waals surface area contributed by atoms with Crippen LogP contribution < -0.4 is 0 Å². The quantitative estimate of drug-likeness (QED) is 0.0424. The normalized spacial score (nSPS) is 18.9. The van der Waals surface area contributed by atoms with E-state index in [0.717, 1.165) is 40.0 Å². The standard InChI is InChI=1S/C43H74O17/c1-8-9-10-11-12-13-14-15-16-17-18-19-20-21-22-51-28-43(30-55-33(3)45,31-56-34(4)46)29-52-24-23-50-25-26-53-42-41(59-37(7)49)40(58-36(6)48)39(57-35(5)47)38(60-42)27-54-32(2)44/h38-42H,8-31H2,1-7H3/t38-,39-,40+,41+,42+/m1/s1. The highest BCUT2D eigenvalue weighted by Gasteiger charge is 2.52. The summed E-state index contributed by atoms with van der Waals surface area (Å²) in [6, 6.07) is 0. The summed E-state index contributed by atoms with van der Waals surface area (Å²) in [4.78, 5) is 71.2. The van der Waals surface area contributed by atoms with E-state index >= 15 is 0 Å². The maximum absolute atomic E-state index is 12.1. The fourth-order valence-corrected chi connectivity index (χ4v) is 6.50. The predicted octanol–water partition coefficient (Wildman–Crippen LogP) is 5.73. The Balaban J connectivity index is 2.65. The number of carbonyl (C=O) groups is 6. The third kappa shape index (κ3) is 26.7. The summed E-state index contributed by atoms with van der Waals surface area (Å²) < 4.78 is 61.3. The zero-order valence-corrected chi connectivity index (χ0v) is 37.3. The lowest BCUT2D eigenvalue weighted by molar-refractivity contribution is -0.309. The van der Waals surface area contributed by atoms with E-state index in [9.17, 15) is 28.8 Å². The van der Waals surface area contributed by atoms with Crippen LogP contribution in [0.2, 0.25) is 0 Å². The molecule has 0 aromatic rings. The van der Waals surface area contributed by atoms with Crippen molar-refractivity contribution in [1.82, 2.24) is 0 Å². The first-order chi connectivity index (χ1) is 28.7. The number of unbranched alkanes of at least 4 members (excludes halogenated alkanes) is 13. The average Bonchev–Trinajstić information content (AvgIpc) is 3.17. The lowest BCUT2D eigenvalue weighted by Crippen LogP contribution is -2.63. The van der Waals surface area contributed by atoms with Gasteiger partial charge in [-0.2, -0.15) is 0 Å². The van der Waals surface area contributed by atoms with Crippen molar-refractivity contribution in [2.24, 2.45) is 5.41 Å². The van der Waals surface area contributed by atoms with Crippen molar-refractivity contribution in [3.05, 3.63) is 0 Å². The molecule has 0 aliphatic carbocycles. The van der Waals surface area contributed by atoms with E-state index in [1.807, 2.05) is 0 Å². The Morgan fingerprint density at radius 2 is 0.850 bits per heavy atom. The number of ether oxygens (including phenoxy) is 11. The second-order valence-electron chi connectivity index (χ2n) is 15.3. The fourth-order valence-electron chi connectivity index (χ4n) is 6.50. The number of hydrogen-bond donors (Lipinski definition) is 0. The number of hydrogen-bond acceptors (Lipinski definition) is 17. The van der Waals surface area contributed by atoms with Crippen LogP contribution in [0.25, 0.3) is 0 Å². The molecule has 5 atom stereocenters. The highest BCUT2D eigenvalue weighted by atomic mass is 16.7. The van der Waals surface area contributed by atoms with Crippen LogP contribution in [-0.2, 0) is 80.9 Å². The third-order valence-corrected chi connectivity index (χ3v) is 9.45. The lowest BCUT2D eigenvalue weighted by Gasteiger charge is -2.44. The molecule has 1 heterocycles. The topological polar surface area (TPSA) is 204 Å². The van der Waals surface area contributed by atoms with E-state index in [1.54, 1.807) is 0 Å². The summed E-state index contributed by atoms with van der Waals surface area (Å²) >= 11 is 0. The van der Waals surface area contributed by atoms with Gasteiger partial charge in [-0.1, -0.05) is 90.4 Å². The van der Waals surface area contributed by atoms with Crippen LogP contribution in [0, 0.1) is 5.41 Å². The second-order valence-corrected chi connectivity index (χ2v) is 15.3. The van der Waals surface area contributed by atoms with Gasteiger partial charge in [0.2, 0.25) is 0 Å². The highest BCUT2D eigenvalue weighted by Crippen LogP contribution is 2.30. The maximum atomic E-state index is 12.1. The molecule has 0 unspecified atom stereocenters. The first kappa shape index (κ1) is 54.6. The Morgan fingerprint density at radius 3 is 1.33 bits per heavy atom. The Labute approximate surface area is 356 Å². The van der Waals surface area contributed by atoms with Gasteiger partial charge in [-0.15, -0.1) is 0 Å². The zero-order chi connectivity index (χ0) is 44.6. The minimum atomic E-state index is -1.36. The van der Waals surface area contributed by atoms with Gasteiger partial charge in [-0.25, -0.2) is 0 Å². The molecule has 0 N–H and O–H groups in total. The van der Waals surface area contributed by atoms with E-state index in [4.69, 9.17) is 52.1 Å². The molecule has 60 heavy (non-hydrogen) atoms. The summed E-state index contributed by atoms with van der Waals surface area (Å²) in [6.45, 7) is 9.69. The molecule has 348 valence electrons. The van der Waals surface area contributed by atoms with Crippen LogP contribution in [0.1, 0.15) is 138 Å². The summed E-state index contributed by atoms with van der Waals surface area (Å²) in [7, 11) is 0. The molecule has 1 fully saturated rings. The molecule has 0 aromatic carbocycles. The van der Waals surface area contributed by atoms with Gasteiger partial charge in [0.1, 0.15) is 25.9 Å². The van der Waals surface area contributed by atoms with Crippen molar-refractivity contribution in [2.45, 2.75) is 169 Å². The van der Waals surface area contributed by atoms with Crippen LogP contribution in [0.4, 0.5) is 0 Å². The van der Waals surface area contributed by atoms with Gasteiger partial charge >= 0.3 is 35.8 Å². The number of esters is 6. The van der Waals surface area contributed by atoms with Crippen molar-refractivity contribution >= 4 is 35.8 Å². The SMILES string of the molecule is CCCCCCCCCCCCCCCCOCC(COCCOCCO[C@H]1O[C@H](COC(C)=O)[C@@H](OC(C)=O)[C@H](OC(C)=O)[C@@H]1OC(C)=O)(COC(C)=O)COC(C)=O. The first-order valence-electron chi connectivity index (χ1n) is 21.6. The molecule has 0 radical (unpaired) electrons. The van der Waals surface area contributed by atoms with Gasteiger partial charge in [0.25, 0.3) is 0 Å². The largest absolute Gasteiger partial charge is 0.465 e. The molecule has 0 bridgehead atoms. The number of carbonyl (C=O) groups excluding carboxylic acids is 6. The molecule has 0 aromatic heterocycles. The molecule has 17 nitrogen and oxygen atoms in total. The van der Waals surface area contributed by atoms with E-state index in [-0.39, 0.29) is 59.5 Å². The van der Waals surface area contributed by atoms with E-state index in [2.05, 4.69) is 6.92 Å². The molecule has 0 saturated carbocycles. The predicted molar refractivity (Wildman–Crippen MR) is 216 cm³/mol. The summed E-state index contributed by atoms with van der Waals surface area (Å²) in [5.74, 6) is -3.87. The van der Waals surface area contributed by atoms with Gasteiger partial charge in [-0.05, 0) is 6.42 Å². The molecule has 1 saturated heterocycles. The highest BCUT2D eigenvalue weighted by molar-refractivity contribution is 5.69. The van der Waals surface area contributed by atoms with E-state index in [1.165, 1.54) is 91.4 Å². The molecule has 0 amide bonds. The van der Waals surface area contributed by atoms with Gasteiger partial charge in [-0.3, -0.25) is 28.8 Å². The van der Waals surface area contributed by atoms with E-state index < -0.39 is 71.9 Å². The Morgan fingerprint density at radius 1 is 0.433 bits per heavy atom. The Hall–Kier alpha value is -3.38.